The Morgan fingerprint density at radius 3 is 2.61 bits per heavy atom. The van der Waals surface area contributed by atoms with E-state index < -0.39 is 31.0 Å². The van der Waals surface area contributed by atoms with Crippen molar-refractivity contribution in [1.29, 1.82) is 0 Å². The van der Waals surface area contributed by atoms with Crippen molar-refractivity contribution < 1.29 is 18.3 Å². The maximum Gasteiger partial charge on any atom is 0.319 e. The Hall–Kier alpha value is -3.16. The molecule has 0 radical (unpaired) electrons. The number of carbonyl (C=O) groups is 1. The van der Waals surface area contributed by atoms with Crippen LogP contribution < -0.4 is 15.4 Å². The molecule has 1 saturated heterocycles. The fourth-order valence-electron chi connectivity index (χ4n) is 5.48. The number of hydrogen-bond acceptors (Lipinski definition) is 3. The summed E-state index contributed by atoms with van der Waals surface area (Å²) in [6.45, 7) is 1.90. The maximum absolute atomic E-state index is 13.9. The summed E-state index contributed by atoms with van der Waals surface area (Å²) in [6, 6.07) is 20.3. The zero-order valence-electron chi connectivity index (χ0n) is 21.4. The van der Waals surface area contributed by atoms with Gasteiger partial charge in [0, 0.05) is 35.3 Å². The van der Waals surface area contributed by atoms with Crippen molar-refractivity contribution >= 4 is 23.3 Å². The minimum atomic E-state index is -1.67. The Bertz CT molecular complexity index is 1290. The van der Waals surface area contributed by atoms with Crippen molar-refractivity contribution in [2.24, 2.45) is 0 Å². The highest BCUT2D eigenvalue weighted by Crippen LogP contribution is 2.42. The summed E-state index contributed by atoms with van der Waals surface area (Å²) in [7, 11) is 0. The van der Waals surface area contributed by atoms with Gasteiger partial charge in [-0.25, -0.2) is 13.6 Å². The highest BCUT2D eigenvalue weighted by Gasteiger charge is 2.42. The van der Waals surface area contributed by atoms with Crippen LogP contribution in [0.4, 0.5) is 19.3 Å². The molecule has 3 aromatic rings. The molecule has 5 nitrogen and oxygen atoms in total. The number of nitrogens with one attached hydrogen (secondary N) is 2. The molecule has 1 fully saturated rings. The Kier molecular flexibility index (Phi) is 7.86. The first kappa shape index (κ1) is 26.4. The second kappa shape index (κ2) is 11.3. The van der Waals surface area contributed by atoms with Crippen molar-refractivity contribution in [1.82, 2.24) is 10.2 Å². The van der Waals surface area contributed by atoms with E-state index >= 15 is 0 Å². The first-order valence-corrected chi connectivity index (χ1v) is 13.4. The van der Waals surface area contributed by atoms with E-state index in [1.54, 1.807) is 12.1 Å². The normalized spacial score (nSPS) is 20.4. The minimum absolute atomic E-state index is 0.0374. The van der Waals surface area contributed by atoms with E-state index in [-0.39, 0.29) is 12.2 Å². The molecule has 0 aromatic heterocycles. The molecule has 2 amide bonds. The average molecular weight is 540 g/mol. The summed E-state index contributed by atoms with van der Waals surface area (Å²) < 4.78 is 33.6. The van der Waals surface area contributed by atoms with Crippen LogP contribution >= 0.6 is 11.6 Å². The van der Waals surface area contributed by atoms with Gasteiger partial charge in [-0.05, 0) is 61.2 Å². The summed E-state index contributed by atoms with van der Waals surface area (Å²) in [5.41, 5.74) is 2.83. The third kappa shape index (κ3) is 5.49. The Morgan fingerprint density at radius 2 is 1.89 bits per heavy atom. The molecule has 0 aliphatic carbocycles. The van der Waals surface area contributed by atoms with E-state index in [0.717, 1.165) is 36.1 Å². The molecule has 2 heterocycles. The highest BCUT2D eigenvalue weighted by atomic mass is 35.5. The largest absolute Gasteiger partial charge is 0.481 e. The summed E-state index contributed by atoms with van der Waals surface area (Å²) in [4.78, 5) is 15.8. The molecule has 2 N–H and O–H groups in total. The lowest BCUT2D eigenvalue weighted by atomic mass is 9.88. The van der Waals surface area contributed by atoms with Gasteiger partial charge in [-0.15, -0.1) is 0 Å². The number of benzene rings is 3. The molecule has 0 bridgehead atoms. The molecular formula is C30H32ClF2N3O2. The molecule has 38 heavy (non-hydrogen) atoms. The van der Waals surface area contributed by atoms with Crippen LogP contribution in [-0.4, -0.2) is 42.5 Å². The van der Waals surface area contributed by atoms with E-state index in [2.05, 4.69) is 40.7 Å². The first-order chi connectivity index (χ1) is 18.4. The second-order valence-corrected chi connectivity index (χ2v) is 10.7. The van der Waals surface area contributed by atoms with Gasteiger partial charge >= 0.3 is 6.03 Å². The average Bonchev–Trinajstić information content (AvgIpc) is 3.33. The van der Waals surface area contributed by atoms with Gasteiger partial charge in [-0.2, -0.15) is 0 Å². The molecule has 2 unspecified atom stereocenters. The van der Waals surface area contributed by atoms with Crippen LogP contribution in [0.2, 0.25) is 5.02 Å². The smallest absolute Gasteiger partial charge is 0.319 e. The molecule has 3 aromatic carbocycles. The summed E-state index contributed by atoms with van der Waals surface area (Å²) in [5.74, 6) is 0.277. The third-order valence-corrected chi connectivity index (χ3v) is 7.84. The van der Waals surface area contributed by atoms with Crippen LogP contribution in [0.25, 0.3) is 11.1 Å². The number of fused-ring (bicyclic) bond motifs is 1. The van der Waals surface area contributed by atoms with Crippen LogP contribution in [-0.2, 0) is 6.54 Å². The summed E-state index contributed by atoms with van der Waals surface area (Å²) >= 11 is 6.11. The quantitative estimate of drug-likeness (QED) is 0.331. The first-order valence-electron chi connectivity index (χ1n) is 13.0. The molecule has 0 saturated carbocycles. The van der Waals surface area contributed by atoms with E-state index in [0.29, 0.717) is 28.9 Å². The van der Waals surface area contributed by atoms with E-state index in [1.807, 2.05) is 30.3 Å². The number of nitrogens with zero attached hydrogens (tertiary/aromatic N) is 1. The van der Waals surface area contributed by atoms with Crippen LogP contribution in [0.15, 0.2) is 66.7 Å². The van der Waals surface area contributed by atoms with E-state index in [4.69, 9.17) is 16.3 Å². The zero-order valence-corrected chi connectivity index (χ0v) is 22.1. The van der Waals surface area contributed by atoms with Crippen LogP contribution in [0.5, 0.6) is 5.75 Å². The number of urea groups is 1. The van der Waals surface area contributed by atoms with Crippen molar-refractivity contribution in [2.45, 2.75) is 50.4 Å². The Labute approximate surface area is 227 Å². The molecule has 0 spiro atoms. The van der Waals surface area contributed by atoms with Gasteiger partial charge in [0.1, 0.15) is 19.1 Å². The Balaban J connectivity index is 1.43. The van der Waals surface area contributed by atoms with Gasteiger partial charge in [0.15, 0.2) is 5.60 Å². The van der Waals surface area contributed by atoms with Gasteiger partial charge in [0.05, 0.1) is 6.04 Å². The predicted molar refractivity (Wildman–Crippen MR) is 147 cm³/mol. The lowest BCUT2D eigenvalue weighted by Gasteiger charge is -2.39. The number of halogens is 3. The number of alkyl halides is 2. The van der Waals surface area contributed by atoms with Crippen molar-refractivity contribution in [3.63, 3.8) is 0 Å². The van der Waals surface area contributed by atoms with Gasteiger partial charge in [0.25, 0.3) is 0 Å². The van der Waals surface area contributed by atoms with E-state index in [9.17, 15) is 13.6 Å². The molecule has 200 valence electrons. The van der Waals surface area contributed by atoms with Gasteiger partial charge < -0.3 is 15.4 Å². The number of likely N-dealkylation sites (tertiary alicyclic amines) is 1. The number of carbonyl (C=O) groups excluding carboxylic acids is 1. The molecule has 2 aliphatic rings. The lowest BCUT2D eigenvalue weighted by Crippen LogP contribution is -2.49. The van der Waals surface area contributed by atoms with Crippen LogP contribution in [0.1, 0.15) is 43.4 Å². The number of rotatable bonds is 7. The number of anilines is 1. The van der Waals surface area contributed by atoms with Crippen molar-refractivity contribution in [2.75, 3.05) is 25.2 Å². The molecular weight excluding hydrogens is 508 g/mol. The van der Waals surface area contributed by atoms with Gasteiger partial charge in [-0.3, -0.25) is 4.90 Å². The zero-order chi connectivity index (χ0) is 26.7. The molecule has 2 atom stereocenters. The van der Waals surface area contributed by atoms with Crippen LogP contribution in [0, 0.1) is 0 Å². The minimum Gasteiger partial charge on any atom is -0.481 e. The molecule has 2 aliphatic heterocycles. The summed E-state index contributed by atoms with van der Waals surface area (Å²) in [5, 5.41) is 6.35. The Morgan fingerprint density at radius 1 is 1.11 bits per heavy atom. The fraction of sp³-hybridized carbons (Fsp3) is 0.367. The predicted octanol–water partition coefficient (Wildman–Crippen LogP) is 7.31. The van der Waals surface area contributed by atoms with Gasteiger partial charge in [-0.1, -0.05) is 60.1 Å². The number of hydrogen-bond donors (Lipinski definition) is 2. The molecule has 8 heteroatoms. The second-order valence-electron chi connectivity index (χ2n) is 10.2. The highest BCUT2D eigenvalue weighted by molar-refractivity contribution is 6.30. The molecule has 5 rings (SSSR count). The number of amides is 2. The maximum atomic E-state index is 13.9. The van der Waals surface area contributed by atoms with Gasteiger partial charge in [0.2, 0.25) is 0 Å². The van der Waals surface area contributed by atoms with Crippen molar-refractivity contribution in [3.8, 4) is 16.9 Å². The SMILES string of the molecule is CC1CCCN1Cc1c(NC(=O)NC2CC(CF)(CF)Oc3cc(Cl)ccc32)cccc1-c1ccccc1. The topological polar surface area (TPSA) is 53.6 Å². The van der Waals surface area contributed by atoms with Crippen molar-refractivity contribution in [3.05, 3.63) is 82.9 Å². The number of ether oxygens (including phenoxy) is 1. The fourth-order valence-corrected chi connectivity index (χ4v) is 5.64. The van der Waals surface area contributed by atoms with Crippen LogP contribution in [0.3, 0.4) is 0 Å². The van der Waals surface area contributed by atoms with E-state index in [1.165, 1.54) is 6.07 Å². The standard InChI is InChI=1S/C30H32ClF2N3O2/c1-20-7-6-14-36(20)17-25-23(21-8-3-2-4-9-21)10-5-11-26(25)34-29(37)35-27-16-30(18-32,19-33)38-28-15-22(31)12-13-24(27)28/h2-5,8-13,15,20,27H,6-7,14,16-19H2,1H3,(H2,34,35,37). The monoisotopic (exact) mass is 539 g/mol. The lowest BCUT2D eigenvalue weighted by molar-refractivity contribution is -0.0104. The third-order valence-electron chi connectivity index (χ3n) is 7.61. The summed E-state index contributed by atoms with van der Waals surface area (Å²) in [6.07, 6.45) is 2.26.